The number of halogens is 3. The van der Waals surface area contributed by atoms with Gasteiger partial charge in [0.2, 0.25) is 0 Å². The van der Waals surface area contributed by atoms with E-state index in [9.17, 15) is 21.6 Å². The van der Waals surface area contributed by atoms with Crippen molar-refractivity contribution in [3.05, 3.63) is 0 Å². The van der Waals surface area contributed by atoms with E-state index >= 15 is 0 Å². The van der Waals surface area contributed by atoms with Gasteiger partial charge in [0.05, 0.1) is 11.8 Å². The van der Waals surface area contributed by atoms with Gasteiger partial charge in [-0.3, -0.25) is 0 Å². The summed E-state index contributed by atoms with van der Waals surface area (Å²) in [6, 6.07) is -0.554. The predicted molar refractivity (Wildman–Crippen MR) is 50.3 cm³/mol. The quantitative estimate of drug-likeness (QED) is 0.810. The number of nitrogens with one attached hydrogen (secondary N) is 1. The summed E-state index contributed by atoms with van der Waals surface area (Å²) in [5.41, 5.74) is 0. The summed E-state index contributed by atoms with van der Waals surface area (Å²) in [7, 11) is -3.25. The molecular formula is C8H14F3NO2S. The van der Waals surface area contributed by atoms with Crippen molar-refractivity contribution in [1.29, 1.82) is 0 Å². The van der Waals surface area contributed by atoms with Gasteiger partial charge in [-0.2, -0.15) is 13.2 Å². The standard InChI is InChI=1S/C8H14F3NO2S/c1-15(13,14)7-4-2-3-6(7)12-5-8(9,10)11/h6-7,12H,2-5H2,1H3. The van der Waals surface area contributed by atoms with E-state index in [4.69, 9.17) is 0 Å². The monoisotopic (exact) mass is 245 g/mol. The second-order valence-electron chi connectivity index (χ2n) is 3.90. The Labute approximate surface area is 87.0 Å². The van der Waals surface area contributed by atoms with Crippen molar-refractivity contribution in [2.45, 2.75) is 36.7 Å². The largest absolute Gasteiger partial charge is 0.401 e. The van der Waals surface area contributed by atoms with E-state index in [1.165, 1.54) is 0 Å². The Bertz CT molecular complexity index is 312. The van der Waals surface area contributed by atoms with Crippen LogP contribution in [0.2, 0.25) is 0 Å². The summed E-state index contributed by atoms with van der Waals surface area (Å²) in [5.74, 6) is 0. The third kappa shape index (κ3) is 3.98. The molecule has 1 rings (SSSR count). The molecule has 90 valence electrons. The van der Waals surface area contributed by atoms with Gasteiger partial charge < -0.3 is 5.32 Å². The van der Waals surface area contributed by atoms with Crippen LogP contribution in [0.1, 0.15) is 19.3 Å². The second-order valence-corrected chi connectivity index (χ2v) is 6.17. The Kier molecular flexibility index (Phi) is 3.65. The van der Waals surface area contributed by atoms with E-state index < -0.39 is 33.9 Å². The molecule has 0 radical (unpaired) electrons. The Morgan fingerprint density at radius 3 is 2.40 bits per heavy atom. The number of sulfone groups is 1. The first-order valence-electron chi connectivity index (χ1n) is 4.69. The second kappa shape index (κ2) is 4.29. The summed E-state index contributed by atoms with van der Waals surface area (Å²) in [5, 5.41) is 1.61. The highest BCUT2D eigenvalue weighted by atomic mass is 32.2. The van der Waals surface area contributed by atoms with Gasteiger partial charge in [0, 0.05) is 12.3 Å². The van der Waals surface area contributed by atoms with Crippen molar-refractivity contribution in [3.8, 4) is 0 Å². The molecule has 1 aliphatic carbocycles. The first-order chi connectivity index (χ1) is 6.70. The minimum atomic E-state index is -4.29. The SMILES string of the molecule is CS(=O)(=O)C1CCCC1NCC(F)(F)F. The molecule has 0 bridgehead atoms. The van der Waals surface area contributed by atoms with Gasteiger partial charge in [0.25, 0.3) is 0 Å². The highest BCUT2D eigenvalue weighted by Gasteiger charge is 2.37. The lowest BCUT2D eigenvalue weighted by atomic mass is 10.2. The minimum Gasteiger partial charge on any atom is -0.305 e. The van der Waals surface area contributed by atoms with Gasteiger partial charge >= 0.3 is 6.18 Å². The van der Waals surface area contributed by atoms with Gasteiger partial charge in [-0.1, -0.05) is 6.42 Å². The molecule has 0 aromatic carbocycles. The smallest absolute Gasteiger partial charge is 0.305 e. The molecule has 1 N–H and O–H groups in total. The van der Waals surface area contributed by atoms with Gasteiger partial charge in [-0.15, -0.1) is 0 Å². The van der Waals surface area contributed by atoms with Crippen molar-refractivity contribution in [3.63, 3.8) is 0 Å². The molecule has 1 aliphatic rings. The Morgan fingerprint density at radius 1 is 1.33 bits per heavy atom. The molecular weight excluding hydrogens is 231 g/mol. The summed E-state index contributed by atoms with van der Waals surface area (Å²) >= 11 is 0. The van der Waals surface area contributed by atoms with Crippen molar-refractivity contribution in [2.24, 2.45) is 0 Å². The van der Waals surface area contributed by atoms with E-state index in [2.05, 4.69) is 5.32 Å². The molecule has 0 aliphatic heterocycles. The van der Waals surface area contributed by atoms with Crippen LogP contribution in [0, 0.1) is 0 Å². The summed E-state index contributed by atoms with van der Waals surface area (Å²) in [4.78, 5) is 0. The molecule has 0 amide bonds. The zero-order valence-corrected chi connectivity index (χ0v) is 9.16. The van der Waals surface area contributed by atoms with E-state index in [-0.39, 0.29) is 0 Å². The molecule has 7 heteroatoms. The van der Waals surface area contributed by atoms with Crippen molar-refractivity contribution in [1.82, 2.24) is 5.32 Å². The topological polar surface area (TPSA) is 46.2 Å². The van der Waals surface area contributed by atoms with Crippen LogP contribution in [0.15, 0.2) is 0 Å². The first-order valence-corrected chi connectivity index (χ1v) is 6.64. The van der Waals surface area contributed by atoms with E-state index in [1.54, 1.807) is 0 Å². The Balaban J connectivity index is 2.55. The van der Waals surface area contributed by atoms with Gasteiger partial charge in [-0.05, 0) is 12.8 Å². The van der Waals surface area contributed by atoms with Crippen molar-refractivity contribution >= 4 is 9.84 Å². The molecule has 1 saturated carbocycles. The lowest BCUT2D eigenvalue weighted by molar-refractivity contribution is -0.126. The lowest BCUT2D eigenvalue weighted by Crippen LogP contribution is -2.43. The van der Waals surface area contributed by atoms with Crippen molar-refractivity contribution < 1.29 is 21.6 Å². The fraction of sp³-hybridized carbons (Fsp3) is 1.00. The molecule has 15 heavy (non-hydrogen) atoms. The zero-order chi connectivity index (χ0) is 11.7. The molecule has 0 saturated heterocycles. The maximum atomic E-state index is 11.9. The summed E-state index contributed by atoms with van der Waals surface area (Å²) < 4.78 is 58.3. The maximum absolute atomic E-state index is 11.9. The minimum absolute atomic E-state index is 0.453. The molecule has 3 nitrogen and oxygen atoms in total. The van der Waals surface area contributed by atoms with E-state index in [1.807, 2.05) is 0 Å². The fourth-order valence-electron chi connectivity index (χ4n) is 1.92. The first kappa shape index (κ1) is 12.8. The average molecular weight is 245 g/mol. The summed E-state index contributed by atoms with van der Waals surface area (Å²) in [6.07, 6.45) is -1.61. The molecule has 0 spiro atoms. The third-order valence-electron chi connectivity index (χ3n) is 2.57. The van der Waals surface area contributed by atoms with Crippen LogP contribution < -0.4 is 5.32 Å². The number of alkyl halides is 3. The normalized spacial score (nSPS) is 28.3. The lowest BCUT2D eigenvalue weighted by Gasteiger charge is -2.20. The van der Waals surface area contributed by atoms with Crippen molar-refractivity contribution in [2.75, 3.05) is 12.8 Å². The van der Waals surface area contributed by atoms with Crippen LogP contribution in [0.3, 0.4) is 0 Å². The van der Waals surface area contributed by atoms with Crippen LogP contribution >= 0.6 is 0 Å². The number of rotatable bonds is 3. The fourth-order valence-corrected chi connectivity index (χ4v) is 3.34. The third-order valence-corrected chi connectivity index (χ3v) is 4.23. The van der Waals surface area contributed by atoms with Crippen LogP contribution in [-0.4, -0.2) is 38.7 Å². The molecule has 2 unspecified atom stereocenters. The Morgan fingerprint density at radius 2 is 1.93 bits per heavy atom. The van der Waals surface area contributed by atoms with E-state index in [0.29, 0.717) is 19.3 Å². The molecule has 2 atom stereocenters. The predicted octanol–water partition coefficient (Wildman–Crippen LogP) is 1.10. The molecule has 0 aromatic heterocycles. The average Bonchev–Trinajstić information content (AvgIpc) is 2.45. The van der Waals surface area contributed by atoms with Crippen LogP contribution in [0.4, 0.5) is 13.2 Å². The zero-order valence-electron chi connectivity index (χ0n) is 8.34. The Hall–Kier alpha value is -0.300. The molecule has 0 heterocycles. The molecule has 1 fully saturated rings. The van der Waals surface area contributed by atoms with Crippen LogP contribution in [0.5, 0.6) is 0 Å². The van der Waals surface area contributed by atoms with Gasteiger partial charge in [-0.25, -0.2) is 8.42 Å². The highest BCUT2D eigenvalue weighted by molar-refractivity contribution is 7.91. The highest BCUT2D eigenvalue weighted by Crippen LogP contribution is 2.25. The number of hydrogen-bond acceptors (Lipinski definition) is 3. The molecule has 0 aromatic rings. The number of hydrogen-bond donors (Lipinski definition) is 1. The van der Waals surface area contributed by atoms with E-state index in [0.717, 1.165) is 6.26 Å². The van der Waals surface area contributed by atoms with Crippen LogP contribution in [0.25, 0.3) is 0 Å². The summed E-state index contributed by atoms with van der Waals surface area (Å²) in [6.45, 7) is -1.12. The van der Waals surface area contributed by atoms with Gasteiger partial charge in [0.1, 0.15) is 0 Å². The van der Waals surface area contributed by atoms with Gasteiger partial charge in [0.15, 0.2) is 9.84 Å². The maximum Gasteiger partial charge on any atom is 0.401 e. The van der Waals surface area contributed by atoms with Crippen LogP contribution in [-0.2, 0) is 9.84 Å².